The van der Waals surface area contributed by atoms with Gasteiger partial charge in [0.05, 0.1) is 46.6 Å². The molecule has 2 N–H and O–H groups in total. The maximum Gasteiger partial charge on any atom is 0.251 e. The van der Waals surface area contributed by atoms with Crippen LogP contribution >= 0.6 is 11.3 Å². The highest BCUT2D eigenvalue weighted by Crippen LogP contribution is 2.36. The van der Waals surface area contributed by atoms with Crippen LogP contribution in [0.5, 0.6) is 0 Å². The van der Waals surface area contributed by atoms with Crippen LogP contribution < -0.4 is 10.2 Å². The van der Waals surface area contributed by atoms with Gasteiger partial charge in [-0.2, -0.15) is 5.10 Å². The number of aromatic nitrogens is 4. The lowest BCUT2D eigenvalue weighted by Gasteiger charge is -2.28. The number of hydrogen-bond donors (Lipinski definition) is 2. The molecule has 194 valence electrons. The van der Waals surface area contributed by atoms with E-state index in [1.54, 1.807) is 18.3 Å². The van der Waals surface area contributed by atoms with Crippen molar-refractivity contribution in [3.63, 3.8) is 0 Å². The molecule has 0 saturated carbocycles. The summed E-state index contributed by atoms with van der Waals surface area (Å²) < 4.78 is 30.3. The summed E-state index contributed by atoms with van der Waals surface area (Å²) in [5.41, 5.74) is 2.89. The maximum absolute atomic E-state index is 12.8. The van der Waals surface area contributed by atoms with Crippen LogP contribution in [0.1, 0.15) is 15.2 Å². The van der Waals surface area contributed by atoms with Gasteiger partial charge in [-0.3, -0.25) is 9.89 Å². The zero-order valence-electron chi connectivity index (χ0n) is 20.5. The summed E-state index contributed by atoms with van der Waals surface area (Å²) in [6, 6.07) is 13.9. The molecule has 1 fully saturated rings. The first-order valence-electron chi connectivity index (χ1n) is 12.0. The van der Waals surface area contributed by atoms with E-state index in [1.807, 2.05) is 24.3 Å². The molecular weight excluding hydrogens is 524 g/mol. The standard InChI is InChI=1S/C26H24N6O4S2/c1-38(34,35)18-5-2-4-16(12-18)26(33)27-14-17-13-22-23(37-17)25(32-8-10-36-11-9-32)30-24(29-22)19-6-3-7-21-20(19)15-28-31-21/h2-7,12-13,15H,8-11,14H2,1H3,(H,27,33)(H,28,31). The maximum atomic E-state index is 12.8. The van der Waals surface area contributed by atoms with Crippen molar-refractivity contribution in [2.75, 3.05) is 37.5 Å². The second-order valence-corrected chi connectivity index (χ2v) is 12.2. The number of fused-ring (bicyclic) bond motifs is 2. The summed E-state index contributed by atoms with van der Waals surface area (Å²) >= 11 is 1.53. The van der Waals surface area contributed by atoms with Crippen molar-refractivity contribution >= 4 is 54.0 Å². The first kappa shape index (κ1) is 24.5. The molecule has 5 aromatic rings. The van der Waals surface area contributed by atoms with Gasteiger partial charge in [0, 0.05) is 40.7 Å². The van der Waals surface area contributed by atoms with E-state index in [0.717, 1.165) is 56.7 Å². The molecule has 0 atom stereocenters. The largest absolute Gasteiger partial charge is 0.378 e. The van der Waals surface area contributed by atoms with Crippen molar-refractivity contribution in [2.24, 2.45) is 0 Å². The number of ether oxygens (including phenoxy) is 1. The van der Waals surface area contributed by atoms with Crippen LogP contribution in [0.4, 0.5) is 5.82 Å². The fourth-order valence-corrected chi connectivity index (χ4v) is 6.18. The molecule has 0 bridgehead atoms. The summed E-state index contributed by atoms with van der Waals surface area (Å²) in [4.78, 5) is 25.9. The molecule has 10 nitrogen and oxygen atoms in total. The van der Waals surface area contributed by atoms with Crippen LogP contribution in [0, 0.1) is 0 Å². The van der Waals surface area contributed by atoms with Gasteiger partial charge in [0.25, 0.3) is 5.91 Å². The van der Waals surface area contributed by atoms with E-state index in [9.17, 15) is 13.2 Å². The summed E-state index contributed by atoms with van der Waals surface area (Å²) in [6.07, 6.45) is 2.90. The number of carbonyl (C=O) groups excluding carboxylic acids is 1. The molecule has 3 aromatic heterocycles. The molecule has 12 heteroatoms. The molecule has 0 radical (unpaired) electrons. The number of rotatable bonds is 6. The van der Waals surface area contributed by atoms with Gasteiger partial charge in [0.1, 0.15) is 0 Å². The van der Waals surface area contributed by atoms with Crippen LogP contribution in [0.3, 0.4) is 0 Å². The lowest BCUT2D eigenvalue weighted by Crippen LogP contribution is -2.36. The van der Waals surface area contributed by atoms with Crippen LogP contribution in [0.25, 0.3) is 32.5 Å². The number of amides is 1. The molecule has 1 amide bonds. The van der Waals surface area contributed by atoms with E-state index >= 15 is 0 Å². The quantitative estimate of drug-likeness (QED) is 0.330. The second kappa shape index (κ2) is 9.78. The van der Waals surface area contributed by atoms with Gasteiger partial charge in [-0.25, -0.2) is 18.4 Å². The topological polar surface area (TPSA) is 130 Å². The van der Waals surface area contributed by atoms with Crippen molar-refractivity contribution in [1.82, 2.24) is 25.5 Å². The Bertz CT molecular complexity index is 1770. The molecule has 0 spiro atoms. The van der Waals surface area contributed by atoms with Crippen LogP contribution in [0.2, 0.25) is 0 Å². The third-order valence-corrected chi connectivity index (χ3v) is 8.62. The van der Waals surface area contributed by atoms with Gasteiger partial charge in [-0.15, -0.1) is 11.3 Å². The van der Waals surface area contributed by atoms with Gasteiger partial charge < -0.3 is 15.0 Å². The molecule has 38 heavy (non-hydrogen) atoms. The summed E-state index contributed by atoms with van der Waals surface area (Å²) in [7, 11) is -3.41. The Morgan fingerprint density at radius 3 is 2.76 bits per heavy atom. The number of anilines is 1. The highest BCUT2D eigenvalue weighted by atomic mass is 32.2. The average molecular weight is 549 g/mol. The molecule has 6 rings (SSSR count). The molecule has 2 aromatic carbocycles. The van der Waals surface area contributed by atoms with Crippen molar-refractivity contribution in [3.8, 4) is 11.4 Å². The van der Waals surface area contributed by atoms with Crippen molar-refractivity contribution in [2.45, 2.75) is 11.4 Å². The third-order valence-electron chi connectivity index (χ3n) is 6.39. The fourth-order valence-electron chi connectivity index (χ4n) is 4.46. The third kappa shape index (κ3) is 4.73. The van der Waals surface area contributed by atoms with E-state index < -0.39 is 9.84 Å². The Kier molecular flexibility index (Phi) is 6.30. The highest BCUT2D eigenvalue weighted by Gasteiger charge is 2.21. The molecular formula is C26H24N6O4S2. The Morgan fingerprint density at radius 2 is 1.95 bits per heavy atom. The van der Waals surface area contributed by atoms with E-state index in [-0.39, 0.29) is 17.3 Å². The monoisotopic (exact) mass is 548 g/mol. The number of morpholine rings is 1. The SMILES string of the molecule is CS(=O)(=O)c1cccc(C(=O)NCc2cc3nc(-c4cccc5[nH]ncc45)nc(N4CCOCC4)c3s2)c1. The van der Waals surface area contributed by atoms with E-state index in [4.69, 9.17) is 14.7 Å². The molecule has 0 unspecified atom stereocenters. The predicted octanol–water partition coefficient (Wildman–Crippen LogP) is 3.40. The Labute approximate surface area is 222 Å². The van der Waals surface area contributed by atoms with Gasteiger partial charge >= 0.3 is 0 Å². The zero-order valence-corrected chi connectivity index (χ0v) is 22.1. The molecule has 1 aliphatic heterocycles. The first-order chi connectivity index (χ1) is 18.4. The van der Waals surface area contributed by atoms with Crippen LogP contribution in [0.15, 0.2) is 59.6 Å². The number of carbonyl (C=O) groups is 1. The van der Waals surface area contributed by atoms with Crippen molar-refractivity contribution < 1.29 is 17.9 Å². The summed E-state index contributed by atoms with van der Waals surface area (Å²) in [5.74, 6) is 1.11. The summed E-state index contributed by atoms with van der Waals surface area (Å²) in [5, 5.41) is 11.0. The van der Waals surface area contributed by atoms with Crippen molar-refractivity contribution in [1.29, 1.82) is 0 Å². The Morgan fingerprint density at radius 1 is 1.13 bits per heavy atom. The second-order valence-electron chi connectivity index (χ2n) is 9.02. The minimum atomic E-state index is -3.41. The smallest absolute Gasteiger partial charge is 0.251 e. The predicted molar refractivity (Wildman–Crippen MR) is 146 cm³/mol. The molecule has 1 aliphatic rings. The first-order valence-corrected chi connectivity index (χ1v) is 14.7. The van der Waals surface area contributed by atoms with Gasteiger partial charge in [-0.05, 0) is 30.3 Å². The van der Waals surface area contributed by atoms with Gasteiger partial charge in [0.2, 0.25) is 0 Å². The van der Waals surface area contributed by atoms with Crippen molar-refractivity contribution in [3.05, 3.63) is 65.2 Å². The van der Waals surface area contributed by atoms with Crippen LogP contribution in [-0.4, -0.2) is 67.0 Å². The molecule has 1 saturated heterocycles. The Balaban J connectivity index is 1.34. The number of sulfone groups is 1. The van der Waals surface area contributed by atoms with Crippen LogP contribution in [-0.2, 0) is 21.1 Å². The molecule has 4 heterocycles. The normalized spacial score (nSPS) is 14.3. The van der Waals surface area contributed by atoms with E-state index in [0.29, 0.717) is 24.6 Å². The minimum Gasteiger partial charge on any atom is -0.378 e. The van der Waals surface area contributed by atoms with E-state index in [1.165, 1.54) is 23.5 Å². The average Bonchev–Trinajstić information content (AvgIpc) is 3.58. The number of nitrogens with zero attached hydrogens (tertiary/aromatic N) is 4. The minimum absolute atomic E-state index is 0.109. The number of hydrogen-bond acceptors (Lipinski definition) is 9. The van der Waals surface area contributed by atoms with Gasteiger partial charge in [0.15, 0.2) is 21.5 Å². The number of thiophene rings is 1. The Hall–Kier alpha value is -3.87. The number of aromatic amines is 1. The lowest BCUT2D eigenvalue weighted by atomic mass is 10.1. The lowest BCUT2D eigenvalue weighted by molar-refractivity contribution is 0.0951. The summed E-state index contributed by atoms with van der Waals surface area (Å²) in [6.45, 7) is 2.97. The zero-order chi connectivity index (χ0) is 26.3. The number of benzene rings is 2. The molecule has 0 aliphatic carbocycles. The number of H-pyrrole nitrogens is 1. The number of nitrogens with one attached hydrogen (secondary N) is 2. The van der Waals surface area contributed by atoms with E-state index in [2.05, 4.69) is 20.4 Å². The fraction of sp³-hybridized carbons (Fsp3) is 0.231. The van der Waals surface area contributed by atoms with Gasteiger partial charge in [-0.1, -0.05) is 18.2 Å². The highest BCUT2D eigenvalue weighted by molar-refractivity contribution is 7.90.